The van der Waals surface area contributed by atoms with E-state index in [0.717, 1.165) is 5.56 Å². The van der Waals surface area contributed by atoms with Crippen molar-refractivity contribution >= 4 is 21.7 Å². The van der Waals surface area contributed by atoms with Gasteiger partial charge in [0, 0.05) is 7.11 Å². The lowest BCUT2D eigenvalue weighted by molar-refractivity contribution is 0.0696. The van der Waals surface area contributed by atoms with Gasteiger partial charge in [0.15, 0.2) is 0 Å². The minimum atomic E-state index is -3.82. The number of aryl methyl sites for hydroxylation is 1. The smallest absolute Gasteiger partial charge is 0.335 e. The normalized spacial score (nSPS) is 11.2. The van der Waals surface area contributed by atoms with Gasteiger partial charge in [0.1, 0.15) is 0 Å². The van der Waals surface area contributed by atoms with E-state index in [-0.39, 0.29) is 10.5 Å². The number of carbonyl (C=O) groups is 1. The minimum absolute atomic E-state index is 0.0481. The van der Waals surface area contributed by atoms with Gasteiger partial charge < -0.3 is 9.84 Å². The number of hydrogen-bond acceptors (Lipinski definition) is 4. The first kappa shape index (κ1) is 18.0. The summed E-state index contributed by atoms with van der Waals surface area (Å²) in [4.78, 5) is 11.0. The summed E-state index contributed by atoms with van der Waals surface area (Å²) in [5.41, 5.74) is 1.72. The summed E-state index contributed by atoms with van der Waals surface area (Å²) in [7, 11) is -2.23. The Bertz CT molecular complexity index is 846. The molecule has 2 aromatic carbocycles. The summed E-state index contributed by atoms with van der Waals surface area (Å²) in [6.07, 6.45) is 0.576. The van der Waals surface area contributed by atoms with Crippen LogP contribution in [0.15, 0.2) is 47.4 Å². The summed E-state index contributed by atoms with van der Waals surface area (Å²) in [6, 6.07) is 11.0. The summed E-state index contributed by atoms with van der Waals surface area (Å²) in [5.74, 6) is -1.10. The van der Waals surface area contributed by atoms with Crippen LogP contribution >= 0.6 is 0 Å². The van der Waals surface area contributed by atoms with E-state index in [2.05, 4.69) is 4.72 Å². The standard InChI is InChI=1S/C17H19NO5S/c1-12-11-14(17(19)20)7-8-16(12)24(21,22)18-15-6-4-3-5-13(15)9-10-23-2/h3-8,11,18H,9-10H2,1-2H3,(H,19,20). The number of para-hydroxylation sites is 1. The number of sulfonamides is 1. The number of carboxylic acids is 1. The second-order valence-electron chi connectivity index (χ2n) is 5.29. The molecule has 6 nitrogen and oxygen atoms in total. The fraction of sp³-hybridized carbons (Fsp3) is 0.235. The second kappa shape index (κ2) is 7.46. The van der Waals surface area contributed by atoms with Gasteiger partial charge in [-0.1, -0.05) is 18.2 Å². The largest absolute Gasteiger partial charge is 0.478 e. The molecule has 0 aliphatic rings. The third-order valence-corrected chi connectivity index (χ3v) is 5.07. The molecule has 0 fully saturated rings. The molecule has 0 saturated carbocycles. The maximum atomic E-state index is 12.6. The van der Waals surface area contributed by atoms with Crippen molar-refractivity contribution in [3.8, 4) is 0 Å². The van der Waals surface area contributed by atoms with E-state index >= 15 is 0 Å². The molecule has 7 heteroatoms. The Balaban J connectivity index is 2.34. The van der Waals surface area contributed by atoms with Gasteiger partial charge in [-0.2, -0.15) is 0 Å². The number of rotatable bonds is 7. The van der Waals surface area contributed by atoms with Crippen LogP contribution in [0.4, 0.5) is 5.69 Å². The molecule has 0 aliphatic carbocycles. The molecule has 0 unspecified atom stereocenters. The number of carboxylic acid groups (broad SMARTS) is 1. The number of anilines is 1. The van der Waals surface area contributed by atoms with Gasteiger partial charge in [0.2, 0.25) is 0 Å². The van der Waals surface area contributed by atoms with E-state index in [0.29, 0.717) is 24.3 Å². The van der Waals surface area contributed by atoms with E-state index < -0.39 is 16.0 Å². The Kier molecular flexibility index (Phi) is 5.58. The number of aromatic carboxylic acids is 1. The van der Waals surface area contributed by atoms with Gasteiger partial charge in [-0.05, 0) is 48.7 Å². The first-order valence-electron chi connectivity index (χ1n) is 7.29. The van der Waals surface area contributed by atoms with Crippen LogP contribution in [-0.4, -0.2) is 33.2 Å². The van der Waals surface area contributed by atoms with Crippen LogP contribution in [0.5, 0.6) is 0 Å². The van der Waals surface area contributed by atoms with E-state index in [4.69, 9.17) is 9.84 Å². The Labute approximate surface area is 141 Å². The highest BCUT2D eigenvalue weighted by atomic mass is 32.2. The van der Waals surface area contributed by atoms with Crippen LogP contribution in [0, 0.1) is 6.92 Å². The monoisotopic (exact) mass is 349 g/mol. The SMILES string of the molecule is COCCc1ccccc1NS(=O)(=O)c1ccc(C(=O)O)cc1C. The average molecular weight is 349 g/mol. The Morgan fingerprint density at radius 2 is 1.92 bits per heavy atom. The maximum absolute atomic E-state index is 12.6. The highest BCUT2D eigenvalue weighted by Crippen LogP contribution is 2.23. The molecule has 24 heavy (non-hydrogen) atoms. The van der Waals surface area contributed by atoms with Gasteiger partial charge in [0.25, 0.3) is 10.0 Å². The summed E-state index contributed by atoms with van der Waals surface area (Å²) < 4.78 is 32.9. The highest BCUT2D eigenvalue weighted by Gasteiger charge is 2.19. The van der Waals surface area contributed by atoms with Crippen LogP contribution in [0.2, 0.25) is 0 Å². The van der Waals surface area contributed by atoms with Crippen molar-refractivity contribution in [3.63, 3.8) is 0 Å². The third kappa shape index (κ3) is 4.12. The molecule has 128 valence electrons. The highest BCUT2D eigenvalue weighted by molar-refractivity contribution is 7.92. The zero-order valence-electron chi connectivity index (χ0n) is 13.4. The fourth-order valence-electron chi connectivity index (χ4n) is 2.33. The Morgan fingerprint density at radius 1 is 1.21 bits per heavy atom. The van der Waals surface area contributed by atoms with E-state index in [1.54, 1.807) is 26.2 Å². The van der Waals surface area contributed by atoms with Crippen LogP contribution in [0.25, 0.3) is 0 Å². The maximum Gasteiger partial charge on any atom is 0.335 e. The molecule has 0 aliphatic heterocycles. The minimum Gasteiger partial charge on any atom is -0.478 e. The molecular formula is C17H19NO5S. The summed E-state index contributed by atoms with van der Waals surface area (Å²) in [6.45, 7) is 2.04. The molecule has 0 radical (unpaired) electrons. The molecule has 0 bridgehead atoms. The molecule has 0 saturated heterocycles. The molecule has 0 amide bonds. The van der Waals surface area contributed by atoms with Crippen molar-refractivity contribution in [3.05, 3.63) is 59.2 Å². The molecular weight excluding hydrogens is 330 g/mol. The zero-order chi connectivity index (χ0) is 17.7. The lowest BCUT2D eigenvalue weighted by atomic mass is 10.1. The van der Waals surface area contributed by atoms with Crippen LogP contribution < -0.4 is 4.72 Å². The predicted molar refractivity (Wildman–Crippen MR) is 91.0 cm³/mol. The number of benzene rings is 2. The number of hydrogen-bond donors (Lipinski definition) is 2. The molecule has 0 spiro atoms. The number of ether oxygens (including phenoxy) is 1. The van der Waals surface area contributed by atoms with E-state index in [9.17, 15) is 13.2 Å². The lowest BCUT2D eigenvalue weighted by Gasteiger charge is -2.14. The molecule has 0 aromatic heterocycles. The molecule has 0 heterocycles. The molecule has 2 aromatic rings. The lowest BCUT2D eigenvalue weighted by Crippen LogP contribution is -2.16. The second-order valence-corrected chi connectivity index (χ2v) is 6.94. The van der Waals surface area contributed by atoms with Gasteiger partial charge in [-0.3, -0.25) is 4.72 Å². The summed E-state index contributed by atoms with van der Waals surface area (Å²) in [5, 5.41) is 8.98. The van der Waals surface area contributed by atoms with Crippen LogP contribution in [0.1, 0.15) is 21.5 Å². The quantitative estimate of drug-likeness (QED) is 0.802. The van der Waals surface area contributed by atoms with Crippen molar-refractivity contribution in [1.29, 1.82) is 0 Å². The molecule has 2 N–H and O–H groups in total. The topological polar surface area (TPSA) is 92.7 Å². The van der Waals surface area contributed by atoms with Crippen molar-refractivity contribution in [2.24, 2.45) is 0 Å². The number of nitrogens with one attached hydrogen (secondary N) is 1. The predicted octanol–water partition coefficient (Wildman–Crippen LogP) is 2.68. The molecule has 0 atom stereocenters. The van der Waals surface area contributed by atoms with E-state index in [1.165, 1.54) is 18.2 Å². The summed E-state index contributed by atoms with van der Waals surface area (Å²) >= 11 is 0. The fourth-order valence-corrected chi connectivity index (χ4v) is 3.66. The van der Waals surface area contributed by atoms with Gasteiger partial charge in [0.05, 0.1) is 22.8 Å². The van der Waals surface area contributed by atoms with Crippen LogP contribution in [-0.2, 0) is 21.2 Å². The van der Waals surface area contributed by atoms with Gasteiger partial charge in [-0.15, -0.1) is 0 Å². The Morgan fingerprint density at radius 3 is 2.54 bits per heavy atom. The number of methoxy groups -OCH3 is 1. The average Bonchev–Trinajstić information content (AvgIpc) is 2.53. The van der Waals surface area contributed by atoms with Gasteiger partial charge >= 0.3 is 5.97 Å². The molecule has 2 rings (SSSR count). The Hall–Kier alpha value is -2.38. The van der Waals surface area contributed by atoms with Crippen molar-refractivity contribution in [2.75, 3.05) is 18.4 Å². The third-order valence-electron chi connectivity index (χ3n) is 3.55. The van der Waals surface area contributed by atoms with E-state index in [1.807, 2.05) is 12.1 Å². The van der Waals surface area contributed by atoms with Crippen LogP contribution in [0.3, 0.4) is 0 Å². The van der Waals surface area contributed by atoms with Crippen molar-refractivity contribution in [2.45, 2.75) is 18.2 Å². The van der Waals surface area contributed by atoms with Crippen molar-refractivity contribution in [1.82, 2.24) is 0 Å². The zero-order valence-corrected chi connectivity index (χ0v) is 14.3. The van der Waals surface area contributed by atoms with Gasteiger partial charge in [-0.25, -0.2) is 13.2 Å². The van der Waals surface area contributed by atoms with Crippen molar-refractivity contribution < 1.29 is 23.1 Å². The first-order valence-corrected chi connectivity index (χ1v) is 8.77. The first-order chi connectivity index (χ1) is 11.3.